The largest absolute Gasteiger partial charge is 0.486 e. The van der Waals surface area contributed by atoms with Crippen molar-refractivity contribution in [2.75, 3.05) is 7.05 Å². The van der Waals surface area contributed by atoms with Crippen molar-refractivity contribution in [3.05, 3.63) is 59.4 Å². The van der Waals surface area contributed by atoms with Crippen LogP contribution in [0.2, 0.25) is 0 Å². The van der Waals surface area contributed by atoms with Crippen molar-refractivity contribution < 1.29 is 9.53 Å². The Kier molecular flexibility index (Phi) is 4.93. The first-order valence-corrected chi connectivity index (χ1v) is 6.92. The van der Waals surface area contributed by atoms with Crippen LogP contribution in [0.4, 0.5) is 0 Å². The minimum absolute atomic E-state index is 0.0502. The molecule has 1 aromatic heterocycles. The summed E-state index contributed by atoms with van der Waals surface area (Å²) in [6.07, 6.45) is 4.30. The Labute approximate surface area is 125 Å². The van der Waals surface area contributed by atoms with E-state index in [2.05, 4.69) is 4.98 Å². The molecule has 2 aromatic rings. The molecule has 0 bridgehead atoms. The van der Waals surface area contributed by atoms with Gasteiger partial charge in [0.1, 0.15) is 11.9 Å². The molecule has 0 unspecified atom stereocenters. The normalized spacial score (nSPS) is 11.8. The molecule has 0 N–H and O–H groups in total. The van der Waals surface area contributed by atoms with Crippen molar-refractivity contribution >= 4 is 6.41 Å². The van der Waals surface area contributed by atoms with Crippen LogP contribution in [0.3, 0.4) is 0 Å². The summed E-state index contributed by atoms with van der Waals surface area (Å²) < 4.78 is 6.05. The number of carbonyl (C=O) groups excluding carboxylic acids is 1. The van der Waals surface area contributed by atoms with Crippen molar-refractivity contribution in [2.24, 2.45) is 0 Å². The van der Waals surface area contributed by atoms with Crippen LogP contribution in [-0.4, -0.2) is 23.3 Å². The van der Waals surface area contributed by atoms with E-state index in [-0.39, 0.29) is 6.10 Å². The maximum atomic E-state index is 10.8. The molecule has 0 fully saturated rings. The lowest BCUT2D eigenvalue weighted by Crippen LogP contribution is -2.16. The van der Waals surface area contributed by atoms with Crippen LogP contribution in [0.1, 0.15) is 29.7 Å². The summed E-state index contributed by atoms with van der Waals surface area (Å²) in [5.41, 5.74) is 3.23. The molecule has 0 radical (unpaired) electrons. The predicted octanol–water partition coefficient (Wildman–Crippen LogP) is 3.12. The quantitative estimate of drug-likeness (QED) is 0.765. The number of benzene rings is 1. The van der Waals surface area contributed by atoms with Crippen molar-refractivity contribution in [1.29, 1.82) is 0 Å². The van der Waals surface area contributed by atoms with Gasteiger partial charge in [-0.05, 0) is 48.7 Å². The maximum absolute atomic E-state index is 10.8. The van der Waals surface area contributed by atoms with E-state index in [4.69, 9.17) is 4.74 Å². The molecular weight excluding hydrogens is 264 g/mol. The van der Waals surface area contributed by atoms with E-state index < -0.39 is 0 Å². The zero-order valence-electron chi connectivity index (χ0n) is 12.6. The molecule has 1 heterocycles. The van der Waals surface area contributed by atoms with Crippen LogP contribution in [-0.2, 0) is 11.3 Å². The molecule has 21 heavy (non-hydrogen) atoms. The number of hydrogen-bond donors (Lipinski definition) is 0. The fourth-order valence-corrected chi connectivity index (χ4v) is 2.16. The van der Waals surface area contributed by atoms with Gasteiger partial charge in [-0.15, -0.1) is 0 Å². The van der Waals surface area contributed by atoms with Crippen LogP contribution >= 0.6 is 0 Å². The summed E-state index contributed by atoms with van der Waals surface area (Å²) in [5.74, 6) is 0.844. The van der Waals surface area contributed by atoms with E-state index in [1.165, 1.54) is 0 Å². The van der Waals surface area contributed by atoms with Crippen molar-refractivity contribution in [2.45, 2.75) is 26.5 Å². The minimum Gasteiger partial charge on any atom is -0.486 e. The number of pyridine rings is 1. The summed E-state index contributed by atoms with van der Waals surface area (Å²) >= 11 is 0. The maximum Gasteiger partial charge on any atom is 0.209 e. The molecule has 0 saturated carbocycles. The van der Waals surface area contributed by atoms with Gasteiger partial charge in [-0.3, -0.25) is 9.78 Å². The number of amides is 1. The van der Waals surface area contributed by atoms with Gasteiger partial charge < -0.3 is 9.64 Å². The molecule has 4 heteroatoms. The second kappa shape index (κ2) is 6.88. The third kappa shape index (κ3) is 3.81. The second-order valence-corrected chi connectivity index (χ2v) is 5.10. The van der Waals surface area contributed by atoms with Crippen LogP contribution in [0, 0.1) is 6.92 Å². The van der Waals surface area contributed by atoms with Crippen molar-refractivity contribution in [3.63, 3.8) is 0 Å². The van der Waals surface area contributed by atoms with Crippen LogP contribution < -0.4 is 4.74 Å². The van der Waals surface area contributed by atoms with Crippen LogP contribution in [0.5, 0.6) is 5.75 Å². The molecule has 110 valence electrons. The zero-order chi connectivity index (χ0) is 15.2. The van der Waals surface area contributed by atoms with E-state index in [0.717, 1.165) is 28.8 Å². The van der Waals surface area contributed by atoms with Gasteiger partial charge in [0, 0.05) is 26.0 Å². The standard InChI is InChI=1S/C17H20N2O2/c1-13-16(11-19(3)12-20)5-4-6-17(13)21-14(2)15-7-9-18-10-8-15/h4-10,12,14H,11H2,1-3H3/t14-/m0/s1. The molecule has 0 saturated heterocycles. The summed E-state index contributed by atoms with van der Waals surface area (Å²) in [7, 11) is 1.76. The van der Waals surface area contributed by atoms with Gasteiger partial charge >= 0.3 is 0 Å². The predicted molar refractivity (Wildman–Crippen MR) is 82.0 cm³/mol. The Balaban J connectivity index is 2.17. The third-order valence-electron chi connectivity index (χ3n) is 3.48. The van der Waals surface area contributed by atoms with Gasteiger partial charge in [-0.25, -0.2) is 0 Å². The van der Waals surface area contributed by atoms with E-state index in [1.54, 1.807) is 24.3 Å². The summed E-state index contributed by atoms with van der Waals surface area (Å²) in [6, 6.07) is 9.82. The van der Waals surface area contributed by atoms with Gasteiger partial charge in [-0.1, -0.05) is 12.1 Å². The molecule has 1 amide bonds. The van der Waals surface area contributed by atoms with Crippen molar-refractivity contribution in [3.8, 4) is 5.75 Å². The van der Waals surface area contributed by atoms with Gasteiger partial charge in [0.2, 0.25) is 6.41 Å². The molecule has 0 aliphatic heterocycles. The number of ether oxygens (including phenoxy) is 1. The number of carbonyl (C=O) groups is 1. The lowest BCUT2D eigenvalue weighted by Gasteiger charge is -2.19. The molecule has 1 atom stereocenters. The van der Waals surface area contributed by atoms with Gasteiger partial charge in [-0.2, -0.15) is 0 Å². The highest BCUT2D eigenvalue weighted by Crippen LogP contribution is 2.27. The summed E-state index contributed by atoms with van der Waals surface area (Å²) in [4.78, 5) is 16.4. The first-order chi connectivity index (χ1) is 10.1. The van der Waals surface area contributed by atoms with Crippen molar-refractivity contribution in [1.82, 2.24) is 9.88 Å². The van der Waals surface area contributed by atoms with E-state index in [9.17, 15) is 4.79 Å². The first kappa shape index (κ1) is 15.0. The highest BCUT2D eigenvalue weighted by Gasteiger charge is 2.11. The zero-order valence-corrected chi connectivity index (χ0v) is 12.6. The molecule has 0 aliphatic rings. The van der Waals surface area contributed by atoms with E-state index in [0.29, 0.717) is 6.54 Å². The van der Waals surface area contributed by atoms with Gasteiger partial charge in [0.25, 0.3) is 0 Å². The Bertz CT molecular complexity index is 599. The highest BCUT2D eigenvalue weighted by atomic mass is 16.5. The molecule has 2 rings (SSSR count). The molecule has 0 spiro atoms. The average molecular weight is 284 g/mol. The topological polar surface area (TPSA) is 42.4 Å². The number of aromatic nitrogens is 1. The smallest absolute Gasteiger partial charge is 0.209 e. The van der Waals surface area contributed by atoms with Crippen LogP contribution in [0.25, 0.3) is 0 Å². The average Bonchev–Trinajstić information content (AvgIpc) is 2.52. The number of nitrogens with zero attached hydrogens (tertiary/aromatic N) is 2. The lowest BCUT2D eigenvalue weighted by atomic mass is 10.1. The minimum atomic E-state index is -0.0502. The highest BCUT2D eigenvalue weighted by molar-refractivity contribution is 5.48. The molecule has 0 aliphatic carbocycles. The van der Waals surface area contributed by atoms with Crippen LogP contribution in [0.15, 0.2) is 42.7 Å². The number of rotatable bonds is 6. The molecule has 4 nitrogen and oxygen atoms in total. The first-order valence-electron chi connectivity index (χ1n) is 6.92. The molecule has 1 aromatic carbocycles. The molecular formula is C17H20N2O2. The summed E-state index contributed by atoms with van der Waals surface area (Å²) in [5, 5.41) is 0. The van der Waals surface area contributed by atoms with Gasteiger partial charge in [0.05, 0.1) is 0 Å². The third-order valence-corrected chi connectivity index (χ3v) is 3.48. The van der Waals surface area contributed by atoms with Gasteiger partial charge in [0.15, 0.2) is 0 Å². The Morgan fingerprint density at radius 1 is 1.29 bits per heavy atom. The Morgan fingerprint density at radius 3 is 2.67 bits per heavy atom. The monoisotopic (exact) mass is 284 g/mol. The van der Waals surface area contributed by atoms with E-state index in [1.807, 2.05) is 44.2 Å². The fraction of sp³-hybridized carbons (Fsp3) is 0.294. The Hall–Kier alpha value is -2.36. The number of hydrogen-bond acceptors (Lipinski definition) is 3. The lowest BCUT2D eigenvalue weighted by molar-refractivity contribution is -0.117. The SMILES string of the molecule is Cc1c(CN(C)C=O)cccc1O[C@@H](C)c1ccncc1. The Morgan fingerprint density at radius 2 is 2.00 bits per heavy atom. The second-order valence-electron chi connectivity index (χ2n) is 5.10. The fourth-order valence-electron chi connectivity index (χ4n) is 2.16. The summed E-state index contributed by atoms with van der Waals surface area (Å²) in [6.45, 7) is 4.61. The van der Waals surface area contributed by atoms with E-state index >= 15 is 0 Å².